The minimum absolute atomic E-state index is 0.00111. The molecule has 0 atom stereocenters. The Morgan fingerprint density at radius 1 is 1.07 bits per heavy atom. The molecule has 2 heterocycles. The lowest BCUT2D eigenvalue weighted by Crippen LogP contribution is -2.50. The predicted octanol–water partition coefficient (Wildman–Crippen LogP) is 3.90. The van der Waals surface area contributed by atoms with Gasteiger partial charge in [-0.2, -0.15) is 0 Å². The number of benzene rings is 2. The third-order valence-corrected chi connectivity index (χ3v) is 7.57. The van der Waals surface area contributed by atoms with Gasteiger partial charge in [-0.15, -0.1) is 0 Å². The van der Waals surface area contributed by atoms with Gasteiger partial charge >= 0.3 is 6.09 Å². The van der Waals surface area contributed by atoms with Crippen molar-refractivity contribution in [1.82, 2.24) is 4.31 Å². The minimum Gasteiger partial charge on any atom is -0.444 e. The summed E-state index contributed by atoms with van der Waals surface area (Å²) >= 11 is 3.45. The zero-order valence-corrected chi connectivity index (χ0v) is 17.7. The molecule has 0 N–H and O–H groups in total. The molecule has 1 saturated heterocycles. The van der Waals surface area contributed by atoms with Crippen LogP contribution in [0.4, 0.5) is 10.5 Å². The molecule has 4 rings (SSSR count). The first kappa shape index (κ1) is 19.4. The van der Waals surface area contributed by atoms with E-state index < -0.39 is 10.0 Å². The quantitative estimate of drug-likeness (QED) is 0.687. The normalized spacial score (nSPS) is 18.6. The summed E-state index contributed by atoms with van der Waals surface area (Å²) < 4.78 is 33.3. The summed E-state index contributed by atoms with van der Waals surface area (Å²) in [7, 11) is -3.38. The van der Waals surface area contributed by atoms with Crippen molar-refractivity contribution in [2.45, 2.75) is 31.2 Å². The SMILES string of the molecule is O=C1OCc2cc(Br)ccc2N1C1CCN(S(=O)(=O)Cc2ccccc2)CC1. The molecule has 8 heteroatoms. The number of carbonyl (C=O) groups excluding carboxylic acids is 1. The Hall–Kier alpha value is -1.90. The molecule has 1 fully saturated rings. The van der Waals surface area contributed by atoms with E-state index in [1.54, 1.807) is 4.90 Å². The molecular weight excluding hydrogens is 444 g/mol. The summed E-state index contributed by atoms with van der Waals surface area (Å²) in [6.07, 6.45) is 0.803. The highest BCUT2D eigenvalue weighted by Crippen LogP contribution is 2.34. The zero-order valence-electron chi connectivity index (χ0n) is 15.3. The van der Waals surface area contributed by atoms with Crippen LogP contribution in [0.15, 0.2) is 53.0 Å². The van der Waals surface area contributed by atoms with Crippen LogP contribution in [0.5, 0.6) is 0 Å². The van der Waals surface area contributed by atoms with Gasteiger partial charge in [0.15, 0.2) is 0 Å². The molecule has 0 unspecified atom stereocenters. The zero-order chi connectivity index (χ0) is 19.7. The molecule has 0 radical (unpaired) electrons. The number of sulfonamides is 1. The van der Waals surface area contributed by atoms with E-state index in [9.17, 15) is 13.2 Å². The second kappa shape index (κ2) is 7.85. The van der Waals surface area contributed by atoms with Gasteiger partial charge in [0.05, 0.1) is 11.4 Å². The molecule has 0 bridgehead atoms. The first-order valence-corrected chi connectivity index (χ1v) is 11.6. The van der Waals surface area contributed by atoms with Crippen LogP contribution in [0.2, 0.25) is 0 Å². The minimum atomic E-state index is -3.38. The second-order valence-corrected chi connectivity index (χ2v) is 9.95. The average molecular weight is 465 g/mol. The van der Waals surface area contributed by atoms with E-state index in [1.807, 2.05) is 48.5 Å². The number of cyclic esters (lactones) is 1. The van der Waals surface area contributed by atoms with Gasteiger partial charge in [0.25, 0.3) is 0 Å². The van der Waals surface area contributed by atoms with Crippen molar-refractivity contribution in [2.24, 2.45) is 0 Å². The Bertz CT molecular complexity index is 973. The van der Waals surface area contributed by atoms with Crippen LogP contribution in [-0.2, 0) is 27.1 Å². The number of piperidine rings is 1. The number of halogens is 1. The van der Waals surface area contributed by atoms with Gasteiger partial charge in [-0.05, 0) is 36.6 Å². The number of fused-ring (bicyclic) bond motifs is 1. The highest BCUT2D eigenvalue weighted by molar-refractivity contribution is 9.10. The standard InChI is InChI=1S/C20H21BrN2O4S/c21-17-6-7-19-16(12-17)13-27-20(24)23(19)18-8-10-22(11-9-18)28(25,26)14-15-4-2-1-3-5-15/h1-7,12,18H,8-11,13-14H2. The fourth-order valence-electron chi connectivity index (χ4n) is 3.81. The molecule has 2 aliphatic heterocycles. The molecule has 2 aromatic carbocycles. The van der Waals surface area contributed by atoms with Crippen molar-refractivity contribution < 1.29 is 17.9 Å². The lowest BCUT2D eigenvalue weighted by Gasteiger charge is -2.39. The van der Waals surface area contributed by atoms with E-state index in [0.29, 0.717) is 25.9 Å². The summed E-state index contributed by atoms with van der Waals surface area (Å²) in [5.74, 6) is 0.00111. The number of nitrogens with zero attached hydrogens (tertiary/aromatic N) is 2. The van der Waals surface area contributed by atoms with Gasteiger partial charge < -0.3 is 4.74 Å². The van der Waals surface area contributed by atoms with Crippen molar-refractivity contribution in [2.75, 3.05) is 18.0 Å². The molecule has 1 amide bonds. The van der Waals surface area contributed by atoms with Crippen LogP contribution in [0, 0.1) is 0 Å². The molecular formula is C20H21BrN2O4S. The Kier molecular flexibility index (Phi) is 5.44. The number of ether oxygens (including phenoxy) is 1. The summed E-state index contributed by atoms with van der Waals surface area (Å²) in [5, 5.41) is 0. The van der Waals surface area contributed by atoms with Crippen molar-refractivity contribution in [3.63, 3.8) is 0 Å². The van der Waals surface area contributed by atoms with Gasteiger partial charge in [-0.25, -0.2) is 17.5 Å². The number of hydrogen-bond donors (Lipinski definition) is 0. The van der Waals surface area contributed by atoms with Crippen LogP contribution >= 0.6 is 15.9 Å². The van der Waals surface area contributed by atoms with E-state index in [2.05, 4.69) is 15.9 Å². The van der Waals surface area contributed by atoms with E-state index in [-0.39, 0.29) is 24.5 Å². The van der Waals surface area contributed by atoms with E-state index in [0.717, 1.165) is 21.3 Å². The molecule has 28 heavy (non-hydrogen) atoms. The van der Waals surface area contributed by atoms with E-state index in [4.69, 9.17) is 4.74 Å². The second-order valence-electron chi connectivity index (χ2n) is 7.07. The van der Waals surface area contributed by atoms with Crippen LogP contribution in [0.1, 0.15) is 24.0 Å². The number of rotatable bonds is 4. The number of hydrogen-bond acceptors (Lipinski definition) is 4. The largest absolute Gasteiger partial charge is 0.444 e. The third-order valence-electron chi connectivity index (χ3n) is 5.22. The third kappa shape index (κ3) is 3.94. The van der Waals surface area contributed by atoms with Crippen molar-refractivity contribution >= 4 is 37.7 Å². The fraction of sp³-hybridized carbons (Fsp3) is 0.350. The van der Waals surface area contributed by atoms with Gasteiger partial charge in [-0.3, -0.25) is 4.90 Å². The highest BCUT2D eigenvalue weighted by atomic mass is 79.9. The summed E-state index contributed by atoms with van der Waals surface area (Å²) in [6, 6.07) is 14.9. The van der Waals surface area contributed by atoms with E-state index >= 15 is 0 Å². The van der Waals surface area contributed by atoms with Gasteiger partial charge in [0.1, 0.15) is 6.61 Å². The maximum atomic E-state index is 12.8. The van der Waals surface area contributed by atoms with Gasteiger partial charge in [-0.1, -0.05) is 46.3 Å². The highest BCUT2D eigenvalue weighted by Gasteiger charge is 2.36. The summed E-state index contributed by atoms with van der Waals surface area (Å²) in [4.78, 5) is 14.1. The first-order chi connectivity index (χ1) is 13.4. The lowest BCUT2D eigenvalue weighted by atomic mass is 10.0. The lowest BCUT2D eigenvalue weighted by molar-refractivity contribution is 0.135. The van der Waals surface area contributed by atoms with Gasteiger partial charge in [0.2, 0.25) is 10.0 Å². The fourth-order valence-corrected chi connectivity index (χ4v) is 5.78. The van der Waals surface area contributed by atoms with Crippen LogP contribution in [0.3, 0.4) is 0 Å². The average Bonchev–Trinajstić information content (AvgIpc) is 2.69. The Morgan fingerprint density at radius 3 is 2.50 bits per heavy atom. The maximum Gasteiger partial charge on any atom is 0.414 e. The van der Waals surface area contributed by atoms with E-state index in [1.165, 1.54) is 4.31 Å². The molecule has 2 aliphatic rings. The van der Waals surface area contributed by atoms with Crippen LogP contribution in [-0.4, -0.2) is 37.9 Å². The molecule has 0 aliphatic carbocycles. The van der Waals surface area contributed by atoms with Crippen molar-refractivity contribution in [3.8, 4) is 0 Å². The Balaban J connectivity index is 1.46. The maximum absolute atomic E-state index is 12.8. The van der Waals surface area contributed by atoms with Gasteiger partial charge in [0, 0.05) is 29.2 Å². The topological polar surface area (TPSA) is 66.9 Å². The Morgan fingerprint density at radius 2 is 1.79 bits per heavy atom. The molecule has 148 valence electrons. The number of carbonyl (C=O) groups is 1. The first-order valence-electron chi connectivity index (χ1n) is 9.20. The van der Waals surface area contributed by atoms with Crippen molar-refractivity contribution in [3.05, 3.63) is 64.1 Å². The number of amides is 1. The molecule has 0 spiro atoms. The van der Waals surface area contributed by atoms with Crippen LogP contribution in [0.25, 0.3) is 0 Å². The molecule has 0 aromatic heterocycles. The molecule has 6 nitrogen and oxygen atoms in total. The number of anilines is 1. The molecule has 0 saturated carbocycles. The van der Waals surface area contributed by atoms with Crippen molar-refractivity contribution in [1.29, 1.82) is 0 Å². The molecule has 2 aromatic rings. The van der Waals surface area contributed by atoms with Crippen LogP contribution < -0.4 is 4.90 Å². The predicted molar refractivity (Wildman–Crippen MR) is 110 cm³/mol. The summed E-state index contributed by atoms with van der Waals surface area (Å²) in [5.41, 5.74) is 2.59. The monoisotopic (exact) mass is 464 g/mol. The smallest absolute Gasteiger partial charge is 0.414 e. The summed E-state index contributed by atoms with van der Waals surface area (Å²) in [6.45, 7) is 1.05. The Labute approximate surface area is 173 Å².